The minimum absolute atomic E-state index is 0. The number of hydrogen-bond donors (Lipinski definition) is 1. The predicted octanol–water partition coefficient (Wildman–Crippen LogP) is 2.10. The highest BCUT2D eigenvalue weighted by atomic mass is 35.5. The van der Waals surface area contributed by atoms with E-state index >= 15 is 0 Å². The highest BCUT2D eigenvalue weighted by Gasteiger charge is 2.27. The second kappa shape index (κ2) is 5.05. The van der Waals surface area contributed by atoms with Crippen LogP contribution in [0, 0.1) is 0 Å². The third-order valence-corrected chi connectivity index (χ3v) is 2.48. The van der Waals surface area contributed by atoms with Gasteiger partial charge in [-0.2, -0.15) is 0 Å². The van der Waals surface area contributed by atoms with Gasteiger partial charge in [0.15, 0.2) is 0 Å². The monoisotopic (exact) mass is 193 g/mol. The van der Waals surface area contributed by atoms with Gasteiger partial charge < -0.3 is 10.5 Å². The Hall–Kier alpha value is 0.210. The minimum atomic E-state index is 0. The summed E-state index contributed by atoms with van der Waals surface area (Å²) in [5, 5.41) is 0. The van der Waals surface area contributed by atoms with E-state index in [4.69, 9.17) is 10.5 Å². The van der Waals surface area contributed by atoms with Gasteiger partial charge in [0.1, 0.15) is 0 Å². The van der Waals surface area contributed by atoms with Crippen molar-refractivity contribution in [2.45, 2.75) is 51.2 Å². The molecule has 0 aromatic carbocycles. The van der Waals surface area contributed by atoms with Crippen molar-refractivity contribution in [1.29, 1.82) is 0 Å². The van der Waals surface area contributed by atoms with Crippen molar-refractivity contribution in [1.82, 2.24) is 0 Å². The zero-order valence-corrected chi connectivity index (χ0v) is 8.82. The van der Waals surface area contributed by atoms with Crippen LogP contribution in [-0.2, 0) is 4.74 Å². The summed E-state index contributed by atoms with van der Waals surface area (Å²) >= 11 is 0. The van der Waals surface area contributed by atoms with E-state index in [1.54, 1.807) is 0 Å². The van der Waals surface area contributed by atoms with Crippen molar-refractivity contribution in [3.05, 3.63) is 0 Å². The quantitative estimate of drug-likeness (QED) is 0.729. The molecule has 0 radical (unpaired) electrons. The van der Waals surface area contributed by atoms with Crippen molar-refractivity contribution in [2.24, 2.45) is 5.73 Å². The molecule has 0 heterocycles. The van der Waals surface area contributed by atoms with Gasteiger partial charge in [0.25, 0.3) is 0 Å². The Morgan fingerprint density at radius 1 is 1.42 bits per heavy atom. The van der Waals surface area contributed by atoms with Gasteiger partial charge in [0.2, 0.25) is 0 Å². The van der Waals surface area contributed by atoms with Gasteiger partial charge in [0.05, 0.1) is 6.10 Å². The molecule has 3 heteroatoms. The normalized spacial score (nSPS) is 35.8. The second-order valence-electron chi connectivity index (χ2n) is 3.81. The number of ether oxygens (including phenoxy) is 1. The van der Waals surface area contributed by atoms with Crippen molar-refractivity contribution in [2.75, 3.05) is 6.61 Å². The fourth-order valence-corrected chi connectivity index (χ4v) is 1.65. The van der Waals surface area contributed by atoms with Gasteiger partial charge in [-0.15, -0.1) is 12.4 Å². The molecule has 2 nitrogen and oxygen atoms in total. The molecule has 1 fully saturated rings. The largest absolute Gasteiger partial charge is 0.379 e. The summed E-state index contributed by atoms with van der Waals surface area (Å²) < 4.78 is 5.52. The van der Waals surface area contributed by atoms with Crippen LogP contribution in [-0.4, -0.2) is 18.2 Å². The van der Waals surface area contributed by atoms with Crippen molar-refractivity contribution >= 4 is 12.4 Å². The number of halogens is 1. The summed E-state index contributed by atoms with van der Waals surface area (Å²) in [5.74, 6) is 0. The van der Waals surface area contributed by atoms with Crippen LogP contribution in [0.3, 0.4) is 0 Å². The first-order valence-corrected chi connectivity index (χ1v) is 4.54. The Kier molecular flexibility index (Phi) is 5.14. The minimum Gasteiger partial charge on any atom is -0.379 e. The number of nitrogens with two attached hydrogens (primary N) is 1. The molecule has 74 valence electrons. The van der Waals surface area contributed by atoms with Crippen LogP contribution in [0.15, 0.2) is 0 Å². The van der Waals surface area contributed by atoms with Gasteiger partial charge in [-0.3, -0.25) is 0 Å². The Balaban J connectivity index is 0.00000121. The van der Waals surface area contributed by atoms with Gasteiger partial charge in [-0.25, -0.2) is 0 Å². The van der Waals surface area contributed by atoms with E-state index in [2.05, 4.69) is 13.8 Å². The third kappa shape index (κ3) is 3.74. The van der Waals surface area contributed by atoms with E-state index in [1.165, 1.54) is 0 Å². The van der Waals surface area contributed by atoms with Crippen LogP contribution in [0.1, 0.15) is 39.5 Å². The molecule has 0 unspecified atom stereocenters. The summed E-state index contributed by atoms with van der Waals surface area (Å²) in [7, 11) is 0. The van der Waals surface area contributed by atoms with E-state index in [-0.39, 0.29) is 17.9 Å². The summed E-state index contributed by atoms with van der Waals surface area (Å²) in [4.78, 5) is 0. The molecule has 12 heavy (non-hydrogen) atoms. The van der Waals surface area contributed by atoms with E-state index < -0.39 is 0 Å². The SMILES string of the molecule is CCO[C@H]1CC[C@@](C)(N)CC1.Cl. The molecule has 0 saturated heterocycles. The van der Waals surface area contributed by atoms with Crippen LogP contribution in [0.25, 0.3) is 0 Å². The average molecular weight is 194 g/mol. The van der Waals surface area contributed by atoms with Crippen LogP contribution in [0.5, 0.6) is 0 Å². The Bertz CT molecular complexity index is 118. The van der Waals surface area contributed by atoms with Crippen LogP contribution in [0.4, 0.5) is 0 Å². The van der Waals surface area contributed by atoms with E-state index in [9.17, 15) is 0 Å². The molecule has 1 aliphatic carbocycles. The average Bonchev–Trinajstić information content (AvgIpc) is 1.94. The molecule has 0 aromatic heterocycles. The summed E-state index contributed by atoms with van der Waals surface area (Å²) in [6, 6.07) is 0. The predicted molar refractivity (Wildman–Crippen MR) is 53.7 cm³/mol. The molecule has 1 rings (SSSR count). The Labute approximate surface area is 81.3 Å². The lowest BCUT2D eigenvalue weighted by atomic mass is 9.83. The first-order valence-electron chi connectivity index (χ1n) is 4.54. The summed E-state index contributed by atoms with van der Waals surface area (Å²) in [5.41, 5.74) is 6.06. The number of rotatable bonds is 2. The zero-order chi connectivity index (χ0) is 8.32. The topological polar surface area (TPSA) is 35.2 Å². The lowest BCUT2D eigenvalue weighted by molar-refractivity contribution is 0.0229. The smallest absolute Gasteiger partial charge is 0.0576 e. The van der Waals surface area contributed by atoms with Crippen molar-refractivity contribution in [3.8, 4) is 0 Å². The first-order chi connectivity index (χ1) is 5.14. The Morgan fingerprint density at radius 2 is 1.92 bits per heavy atom. The molecule has 0 aliphatic heterocycles. The molecule has 0 bridgehead atoms. The highest BCUT2D eigenvalue weighted by Crippen LogP contribution is 2.27. The second-order valence-corrected chi connectivity index (χ2v) is 3.81. The molecule has 0 aromatic rings. The standard InChI is InChI=1S/C9H19NO.ClH/c1-3-11-8-4-6-9(2,10)7-5-8;/h8H,3-7,10H2,1-2H3;1H/t8-,9+;. The van der Waals surface area contributed by atoms with Gasteiger partial charge in [-0.1, -0.05) is 0 Å². The van der Waals surface area contributed by atoms with Gasteiger partial charge in [-0.05, 0) is 39.5 Å². The lowest BCUT2D eigenvalue weighted by Crippen LogP contribution is -2.41. The van der Waals surface area contributed by atoms with E-state index in [0.717, 1.165) is 32.3 Å². The molecular weight excluding hydrogens is 174 g/mol. The molecule has 1 aliphatic rings. The molecule has 2 N–H and O–H groups in total. The van der Waals surface area contributed by atoms with E-state index in [1.807, 2.05) is 0 Å². The molecule has 0 spiro atoms. The van der Waals surface area contributed by atoms with Crippen LogP contribution < -0.4 is 5.73 Å². The van der Waals surface area contributed by atoms with Crippen molar-refractivity contribution < 1.29 is 4.74 Å². The fraction of sp³-hybridized carbons (Fsp3) is 1.00. The fourth-order valence-electron chi connectivity index (χ4n) is 1.65. The Morgan fingerprint density at radius 3 is 2.33 bits per heavy atom. The van der Waals surface area contributed by atoms with E-state index in [0.29, 0.717) is 6.10 Å². The molecule has 0 atom stereocenters. The lowest BCUT2D eigenvalue weighted by Gasteiger charge is -2.33. The van der Waals surface area contributed by atoms with Gasteiger partial charge >= 0.3 is 0 Å². The molecule has 1 saturated carbocycles. The van der Waals surface area contributed by atoms with Gasteiger partial charge in [0, 0.05) is 12.1 Å². The first kappa shape index (κ1) is 12.2. The summed E-state index contributed by atoms with van der Waals surface area (Å²) in [6.07, 6.45) is 4.98. The summed E-state index contributed by atoms with van der Waals surface area (Å²) in [6.45, 7) is 5.03. The van der Waals surface area contributed by atoms with Crippen LogP contribution in [0.2, 0.25) is 0 Å². The zero-order valence-electron chi connectivity index (χ0n) is 8.01. The number of hydrogen-bond acceptors (Lipinski definition) is 2. The molecule has 0 amide bonds. The maximum atomic E-state index is 5.98. The maximum absolute atomic E-state index is 5.98. The highest BCUT2D eigenvalue weighted by molar-refractivity contribution is 5.85. The van der Waals surface area contributed by atoms with Crippen LogP contribution >= 0.6 is 12.4 Å². The maximum Gasteiger partial charge on any atom is 0.0576 e. The third-order valence-electron chi connectivity index (χ3n) is 2.48. The molecular formula is C9H20ClNO. The van der Waals surface area contributed by atoms with Crippen molar-refractivity contribution in [3.63, 3.8) is 0 Å².